The SMILES string of the molecule is O=C(O)Nc1ccc(C(=O)N[C@@H](Cc2cnc3ccccc3n2)C(=O)N2CCCC3(C2)OC(=O)Nc2ccc(Cl)c(F)c23)cc1. The zero-order valence-corrected chi connectivity index (χ0v) is 24.3. The number of halogens is 2. The number of anilines is 2. The van der Waals surface area contributed by atoms with Crippen LogP contribution in [0.5, 0.6) is 0 Å². The van der Waals surface area contributed by atoms with Crippen molar-refractivity contribution in [3.8, 4) is 0 Å². The molecule has 1 saturated heterocycles. The summed E-state index contributed by atoms with van der Waals surface area (Å²) in [6.45, 7) is 0.0866. The van der Waals surface area contributed by atoms with E-state index in [0.29, 0.717) is 23.1 Å². The zero-order chi connectivity index (χ0) is 31.7. The van der Waals surface area contributed by atoms with Gasteiger partial charge in [0, 0.05) is 30.4 Å². The third-order valence-corrected chi connectivity index (χ3v) is 8.05. The molecule has 3 heterocycles. The number of amides is 4. The molecule has 1 spiro atoms. The quantitative estimate of drug-likeness (QED) is 0.232. The molecule has 4 aromatic rings. The number of ether oxygens (including phenoxy) is 1. The second-order valence-electron chi connectivity index (χ2n) is 10.7. The smallest absolute Gasteiger partial charge is 0.412 e. The van der Waals surface area contributed by atoms with Crippen molar-refractivity contribution in [3.05, 3.63) is 94.5 Å². The number of carbonyl (C=O) groups is 4. The van der Waals surface area contributed by atoms with Gasteiger partial charge in [0.25, 0.3) is 5.91 Å². The molecule has 0 bridgehead atoms. The van der Waals surface area contributed by atoms with Crippen molar-refractivity contribution in [2.75, 3.05) is 23.7 Å². The van der Waals surface area contributed by atoms with Crippen molar-refractivity contribution in [2.24, 2.45) is 0 Å². The fourth-order valence-electron chi connectivity index (χ4n) is 5.76. The molecule has 2 aliphatic rings. The molecule has 6 rings (SSSR count). The molecule has 45 heavy (non-hydrogen) atoms. The molecule has 12 nitrogen and oxygen atoms in total. The Morgan fingerprint density at radius 2 is 1.87 bits per heavy atom. The molecular weight excluding hydrogens is 607 g/mol. The summed E-state index contributed by atoms with van der Waals surface area (Å²) in [4.78, 5) is 61.5. The Kier molecular flexibility index (Phi) is 7.94. The number of likely N-dealkylation sites (tertiary alicyclic amines) is 1. The summed E-state index contributed by atoms with van der Waals surface area (Å²) in [5.74, 6) is -1.84. The van der Waals surface area contributed by atoms with Crippen molar-refractivity contribution in [1.82, 2.24) is 20.2 Å². The highest BCUT2D eigenvalue weighted by molar-refractivity contribution is 6.31. The summed E-state index contributed by atoms with van der Waals surface area (Å²) < 4.78 is 21.1. The van der Waals surface area contributed by atoms with Crippen LogP contribution < -0.4 is 16.0 Å². The van der Waals surface area contributed by atoms with Gasteiger partial charge in [0.2, 0.25) is 5.91 Å². The fraction of sp³-hybridized carbons (Fsp3) is 0.226. The van der Waals surface area contributed by atoms with Gasteiger partial charge in [0.1, 0.15) is 6.04 Å². The molecule has 1 fully saturated rings. The normalized spacial score (nSPS) is 18.0. The average molecular weight is 633 g/mol. The van der Waals surface area contributed by atoms with Crippen LogP contribution in [0, 0.1) is 5.82 Å². The molecule has 2 atom stereocenters. The van der Waals surface area contributed by atoms with Crippen LogP contribution in [0.1, 0.15) is 34.5 Å². The second-order valence-corrected chi connectivity index (χ2v) is 11.2. The van der Waals surface area contributed by atoms with Gasteiger partial charge in [-0.05, 0) is 61.4 Å². The Morgan fingerprint density at radius 1 is 1.11 bits per heavy atom. The van der Waals surface area contributed by atoms with Gasteiger partial charge in [0.05, 0.1) is 39.5 Å². The molecule has 4 amide bonds. The van der Waals surface area contributed by atoms with Crippen LogP contribution in [0.4, 0.5) is 25.4 Å². The summed E-state index contributed by atoms with van der Waals surface area (Å²) in [6, 6.07) is 14.6. The summed E-state index contributed by atoms with van der Waals surface area (Å²) in [5, 5.41) is 16.3. The number of carbonyl (C=O) groups excluding carboxylic acids is 3. The third kappa shape index (κ3) is 6.07. The largest absolute Gasteiger partial charge is 0.465 e. The lowest BCUT2D eigenvalue weighted by molar-refractivity contribution is -0.141. The first-order chi connectivity index (χ1) is 21.6. The number of aromatic nitrogens is 2. The van der Waals surface area contributed by atoms with Crippen LogP contribution >= 0.6 is 11.6 Å². The number of hydrogen-bond donors (Lipinski definition) is 4. The number of nitrogens with zero attached hydrogens (tertiary/aromatic N) is 3. The number of carboxylic acid groups (broad SMARTS) is 1. The lowest BCUT2D eigenvalue weighted by Gasteiger charge is -2.45. The molecule has 230 valence electrons. The van der Waals surface area contributed by atoms with Crippen LogP contribution in [-0.4, -0.2) is 63.1 Å². The van der Waals surface area contributed by atoms with Crippen molar-refractivity contribution < 1.29 is 33.4 Å². The van der Waals surface area contributed by atoms with Gasteiger partial charge in [-0.15, -0.1) is 0 Å². The topological polar surface area (TPSA) is 163 Å². The Labute approximate surface area is 260 Å². The first-order valence-electron chi connectivity index (χ1n) is 14.0. The molecule has 1 unspecified atom stereocenters. The van der Waals surface area contributed by atoms with Gasteiger partial charge in [-0.3, -0.25) is 25.2 Å². The van der Waals surface area contributed by atoms with E-state index in [4.69, 9.17) is 21.4 Å². The molecule has 3 aromatic carbocycles. The standard InChI is InChI=1S/C31H26ClFN6O6/c32-20-10-11-23-25(26(20)33)31(45-30(44)38-23)12-3-13-39(16-31)28(41)24(14-19-15-34-21-4-1-2-5-22(21)35-19)37-27(40)17-6-8-18(9-7-17)36-29(42)43/h1-2,4-11,15,24,36H,3,12-14,16H2,(H,37,40)(H,38,44)(H,42,43)/t24-,31?/m0/s1. The number of fused-ring (bicyclic) bond motifs is 3. The van der Waals surface area contributed by atoms with Crippen molar-refractivity contribution >= 4 is 58.0 Å². The first-order valence-corrected chi connectivity index (χ1v) is 14.4. The van der Waals surface area contributed by atoms with Crippen LogP contribution in [-0.2, 0) is 21.6 Å². The van der Waals surface area contributed by atoms with Crippen LogP contribution in [0.2, 0.25) is 5.02 Å². The summed E-state index contributed by atoms with van der Waals surface area (Å²) >= 11 is 6.10. The summed E-state index contributed by atoms with van der Waals surface area (Å²) in [6.07, 6.45) is 0.0922. The van der Waals surface area contributed by atoms with E-state index in [-0.39, 0.29) is 53.5 Å². The third-order valence-electron chi connectivity index (χ3n) is 7.76. The van der Waals surface area contributed by atoms with Crippen LogP contribution in [0.3, 0.4) is 0 Å². The van der Waals surface area contributed by atoms with Gasteiger partial charge in [-0.25, -0.2) is 19.0 Å². The monoisotopic (exact) mass is 632 g/mol. The number of benzene rings is 3. The first kappa shape index (κ1) is 29.8. The molecule has 4 N–H and O–H groups in total. The maximum absolute atomic E-state index is 15.4. The highest BCUT2D eigenvalue weighted by Crippen LogP contribution is 2.45. The van der Waals surface area contributed by atoms with Crippen molar-refractivity contribution in [3.63, 3.8) is 0 Å². The van der Waals surface area contributed by atoms with Gasteiger partial charge >= 0.3 is 12.2 Å². The minimum absolute atomic E-state index is 0.0251. The lowest BCUT2D eigenvalue weighted by atomic mass is 9.82. The molecular formula is C31H26ClFN6O6. The van der Waals surface area contributed by atoms with Crippen LogP contribution in [0.15, 0.2) is 66.9 Å². The summed E-state index contributed by atoms with van der Waals surface area (Å²) in [7, 11) is 0. The number of piperidine rings is 1. The van der Waals surface area contributed by atoms with E-state index >= 15 is 4.39 Å². The van der Waals surface area contributed by atoms with Crippen molar-refractivity contribution in [1.29, 1.82) is 0 Å². The van der Waals surface area contributed by atoms with Crippen molar-refractivity contribution in [2.45, 2.75) is 30.9 Å². The second kappa shape index (κ2) is 12.0. The van der Waals surface area contributed by atoms with E-state index in [1.54, 1.807) is 12.1 Å². The summed E-state index contributed by atoms with van der Waals surface area (Å²) in [5.41, 5.74) is 0.927. The number of rotatable bonds is 6. The Morgan fingerprint density at radius 3 is 2.62 bits per heavy atom. The predicted molar refractivity (Wildman–Crippen MR) is 162 cm³/mol. The van der Waals surface area contributed by atoms with Gasteiger partial charge in [-0.1, -0.05) is 23.7 Å². The lowest BCUT2D eigenvalue weighted by Crippen LogP contribution is -2.58. The highest BCUT2D eigenvalue weighted by atomic mass is 35.5. The molecule has 0 radical (unpaired) electrons. The van der Waals surface area contributed by atoms with Gasteiger partial charge in [0.15, 0.2) is 11.4 Å². The molecule has 0 aliphatic carbocycles. The maximum Gasteiger partial charge on any atom is 0.412 e. The Balaban J connectivity index is 1.31. The minimum Gasteiger partial charge on any atom is -0.465 e. The minimum atomic E-state index is -1.50. The molecule has 0 saturated carbocycles. The predicted octanol–water partition coefficient (Wildman–Crippen LogP) is 4.93. The van der Waals surface area contributed by atoms with E-state index in [9.17, 15) is 19.2 Å². The van der Waals surface area contributed by atoms with Crippen LogP contribution in [0.25, 0.3) is 11.0 Å². The molecule has 1 aromatic heterocycles. The Hall–Kier alpha value is -5.30. The zero-order valence-electron chi connectivity index (χ0n) is 23.5. The fourth-order valence-corrected chi connectivity index (χ4v) is 5.91. The highest BCUT2D eigenvalue weighted by Gasteiger charge is 2.49. The van der Waals surface area contributed by atoms with E-state index in [0.717, 1.165) is 0 Å². The number of hydrogen-bond acceptors (Lipinski definition) is 7. The van der Waals surface area contributed by atoms with E-state index in [1.165, 1.54) is 47.5 Å². The van der Waals surface area contributed by atoms with E-state index in [2.05, 4.69) is 25.9 Å². The van der Waals surface area contributed by atoms with E-state index < -0.39 is 41.5 Å². The Bertz CT molecular complexity index is 1840. The van der Waals surface area contributed by atoms with Gasteiger partial charge in [-0.2, -0.15) is 0 Å². The average Bonchev–Trinajstić information content (AvgIpc) is 3.02. The maximum atomic E-state index is 15.4. The number of nitrogens with one attached hydrogen (secondary N) is 3. The van der Waals surface area contributed by atoms with Gasteiger partial charge < -0.3 is 20.1 Å². The molecule has 2 aliphatic heterocycles. The molecule has 14 heteroatoms. The van der Waals surface area contributed by atoms with E-state index in [1.807, 2.05) is 12.1 Å². The number of para-hydroxylation sites is 2.